The van der Waals surface area contributed by atoms with Crippen LogP contribution in [0.1, 0.15) is 16.8 Å². The number of anilines is 1. The highest BCUT2D eigenvalue weighted by atomic mass is 19.4. The first kappa shape index (κ1) is 18.9. The molecule has 1 aromatic carbocycles. The van der Waals surface area contributed by atoms with Crippen molar-refractivity contribution in [2.24, 2.45) is 23.7 Å². The number of halogens is 3. The van der Waals surface area contributed by atoms with Crippen molar-refractivity contribution in [2.45, 2.75) is 12.6 Å². The summed E-state index contributed by atoms with van der Waals surface area (Å²) in [5.74, 6) is -4.30. The molecule has 0 saturated heterocycles. The fourth-order valence-corrected chi connectivity index (χ4v) is 3.76. The third-order valence-electron chi connectivity index (χ3n) is 4.89. The minimum Gasteiger partial charge on any atom is -0.481 e. The molecular weight excluding hydrogens is 365 g/mol. The number of carbonyl (C=O) groups is 3. The average molecular weight is 382 g/mol. The molecule has 4 atom stereocenters. The Labute approximate surface area is 152 Å². The van der Waals surface area contributed by atoms with E-state index in [1.165, 1.54) is 24.3 Å². The number of amides is 2. The second-order valence-electron chi connectivity index (χ2n) is 6.71. The van der Waals surface area contributed by atoms with Crippen molar-refractivity contribution in [2.75, 3.05) is 11.9 Å². The topological polar surface area (TPSA) is 95.5 Å². The molecule has 2 aliphatic carbocycles. The molecule has 0 radical (unpaired) electrons. The van der Waals surface area contributed by atoms with Crippen LogP contribution in [0.25, 0.3) is 0 Å². The Bertz CT molecular complexity index is 806. The van der Waals surface area contributed by atoms with Gasteiger partial charge in [0.05, 0.1) is 11.8 Å². The summed E-state index contributed by atoms with van der Waals surface area (Å²) < 4.78 is 36.6. The molecule has 1 fully saturated rings. The molecule has 9 heteroatoms. The lowest BCUT2D eigenvalue weighted by Gasteiger charge is -2.24. The van der Waals surface area contributed by atoms with Gasteiger partial charge in [-0.3, -0.25) is 14.4 Å². The molecule has 0 heterocycles. The highest BCUT2D eigenvalue weighted by Gasteiger charge is 2.51. The normalized spacial score (nSPS) is 26.0. The number of benzene rings is 1. The Hall–Kier alpha value is -2.84. The highest BCUT2D eigenvalue weighted by Crippen LogP contribution is 2.48. The maximum absolute atomic E-state index is 12.6. The molecule has 3 N–H and O–H groups in total. The fourth-order valence-electron chi connectivity index (χ4n) is 3.76. The number of carbonyl (C=O) groups excluding carboxylic acids is 2. The number of fused-ring (bicyclic) bond motifs is 2. The first-order valence-corrected chi connectivity index (χ1v) is 8.33. The van der Waals surface area contributed by atoms with E-state index in [2.05, 4.69) is 5.32 Å². The van der Waals surface area contributed by atoms with Gasteiger partial charge >= 0.3 is 12.1 Å². The van der Waals surface area contributed by atoms with Crippen LogP contribution >= 0.6 is 0 Å². The van der Waals surface area contributed by atoms with Crippen molar-refractivity contribution in [1.29, 1.82) is 0 Å². The largest absolute Gasteiger partial charge is 0.481 e. The third-order valence-corrected chi connectivity index (χ3v) is 4.89. The quantitative estimate of drug-likeness (QED) is 0.682. The van der Waals surface area contributed by atoms with Gasteiger partial charge in [-0.2, -0.15) is 13.2 Å². The molecule has 3 rings (SSSR count). The van der Waals surface area contributed by atoms with Crippen molar-refractivity contribution < 1.29 is 32.7 Å². The fraction of sp³-hybridized carbons (Fsp3) is 0.389. The lowest BCUT2D eigenvalue weighted by atomic mass is 9.82. The molecule has 1 saturated carbocycles. The van der Waals surface area contributed by atoms with Gasteiger partial charge < -0.3 is 15.7 Å². The van der Waals surface area contributed by atoms with E-state index in [0.29, 0.717) is 6.42 Å². The molecule has 2 bridgehead atoms. The number of nitrogens with one attached hydrogen (secondary N) is 2. The predicted octanol–water partition coefficient (Wildman–Crippen LogP) is 2.44. The van der Waals surface area contributed by atoms with E-state index < -0.39 is 42.3 Å². The molecule has 6 nitrogen and oxygen atoms in total. The van der Waals surface area contributed by atoms with E-state index in [-0.39, 0.29) is 23.1 Å². The van der Waals surface area contributed by atoms with Crippen molar-refractivity contribution >= 4 is 23.5 Å². The van der Waals surface area contributed by atoms with Gasteiger partial charge in [0.1, 0.15) is 6.54 Å². The monoisotopic (exact) mass is 382 g/mol. The first-order chi connectivity index (χ1) is 12.7. The summed E-state index contributed by atoms with van der Waals surface area (Å²) in [4.78, 5) is 35.9. The van der Waals surface area contributed by atoms with Crippen LogP contribution in [-0.2, 0) is 9.59 Å². The van der Waals surface area contributed by atoms with Crippen molar-refractivity contribution in [3.05, 3.63) is 42.0 Å². The van der Waals surface area contributed by atoms with Crippen LogP contribution in [0, 0.1) is 23.7 Å². The standard InChI is InChI=1S/C18H17F3N2O4/c19-18(20,21)8-22-15(24)11-2-1-3-12(7-11)23-16(25)13-9-4-5-10(6-9)14(13)17(26)27/h1-5,7,9-10,13-14H,6,8H2,(H,22,24)(H,23,25)(H,26,27)/t9-,10-,13-,14+/m0/s1. The van der Waals surface area contributed by atoms with Gasteiger partial charge in [-0.1, -0.05) is 18.2 Å². The highest BCUT2D eigenvalue weighted by molar-refractivity contribution is 5.99. The van der Waals surface area contributed by atoms with Gasteiger partial charge in [0, 0.05) is 11.3 Å². The molecule has 27 heavy (non-hydrogen) atoms. The maximum atomic E-state index is 12.6. The Morgan fingerprint density at radius 1 is 1.11 bits per heavy atom. The van der Waals surface area contributed by atoms with Crippen LogP contribution in [-0.4, -0.2) is 35.6 Å². The molecule has 2 aliphatic rings. The van der Waals surface area contributed by atoms with E-state index in [0.717, 1.165) is 0 Å². The molecule has 2 amide bonds. The smallest absolute Gasteiger partial charge is 0.405 e. The number of hydrogen-bond acceptors (Lipinski definition) is 3. The van der Waals surface area contributed by atoms with E-state index in [1.54, 1.807) is 5.32 Å². The number of alkyl halides is 3. The molecule has 144 valence electrons. The second kappa shape index (κ2) is 7.05. The summed E-state index contributed by atoms with van der Waals surface area (Å²) in [6, 6.07) is 5.48. The predicted molar refractivity (Wildman–Crippen MR) is 88.8 cm³/mol. The first-order valence-electron chi connectivity index (χ1n) is 8.33. The number of carboxylic acids is 1. The minimum absolute atomic E-state index is 0.0420. The molecule has 0 unspecified atom stereocenters. The summed E-state index contributed by atoms with van der Waals surface area (Å²) in [5, 5.41) is 13.7. The van der Waals surface area contributed by atoms with Crippen LogP contribution in [0.15, 0.2) is 36.4 Å². The summed E-state index contributed by atoms with van der Waals surface area (Å²) in [5.41, 5.74) is 0.176. The van der Waals surface area contributed by atoms with Crippen LogP contribution in [0.4, 0.5) is 18.9 Å². The van der Waals surface area contributed by atoms with Crippen molar-refractivity contribution in [3.8, 4) is 0 Å². The lowest BCUT2D eigenvalue weighted by Crippen LogP contribution is -2.36. The molecule has 0 spiro atoms. The Morgan fingerprint density at radius 3 is 2.41 bits per heavy atom. The maximum Gasteiger partial charge on any atom is 0.405 e. The zero-order valence-corrected chi connectivity index (χ0v) is 14.0. The summed E-state index contributed by atoms with van der Waals surface area (Å²) in [6.45, 7) is -1.46. The number of hydrogen-bond donors (Lipinski definition) is 3. The Kier molecular flexibility index (Phi) is 4.95. The van der Waals surface area contributed by atoms with Crippen molar-refractivity contribution in [1.82, 2.24) is 5.32 Å². The summed E-state index contributed by atoms with van der Waals surface area (Å²) >= 11 is 0. The van der Waals surface area contributed by atoms with E-state index in [1.807, 2.05) is 12.2 Å². The second-order valence-corrected chi connectivity index (χ2v) is 6.71. The molecular formula is C18H17F3N2O4. The van der Waals surface area contributed by atoms with Gasteiger partial charge in [-0.05, 0) is 36.5 Å². The number of carboxylic acid groups (broad SMARTS) is 1. The van der Waals surface area contributed by atoms with Gasteiger partial charge in [-0.25, -0.2) is 0 Å². The number of allylic oxidation sites excluding steroid dienone is 2. The van der Waals surface area contributed by atoms with E-state index in [4.69, 9.17) is 0 Å². The number of aliphatic carboxylic acids is 1. The lowest BCUT2D eigenvalue weighted by molar-refractivity contribution is -0.146. The zero-order chi connectivity index (χ0) is 19.8. The Balaban J connectivity index is 1.69. The third kappa shape index (κ3) is 4.12. The van der Waals surface area contributed by atoms with Crippen LogP contribution in [0.3, 0.4) is 0 Å². The van der Waals surface area contributed by atoms with Crippen LogP contribution < -0.4 is 10.6 Å². The zero-order valence-electron chi connectivity index (χ0n) is 14.0. The van der Waals surface area contributed by atoms with E-state index in [9.17, 15) is 32.7 Å². The minimum atomic E-state index is -4.53. The van der Waals surface area contributed by atoms with Gasteiger partial charge in [-0.15, -0.1) is 0 Å². The van der Waals surface area contributed by atoms with Gasteiger partial charge in [0.2, 0.25) is 5.91 Å². The summed E-state index contributed by atoms with van der Waals surface area (Å²) in [6.07, 6.45) is -0.258. The molecule has 0 aromatic heterocycles. The van der Waals surface area contributed by atoms with Crippen LogP contribution in [0.5, 0.6) is 0 Å². The Morgan fingerprint density at radius 2 is 1.78 bits per heavy atom. The van der Waals surface area contributed by atoms with Crippen molar-refractivity contribution in [3.63, 3.8) is 0 Å². The molecule has 0 aliphatic heterocycles. The van der Waals surface area contributed by atoms with Gasteiger partial charge in [0.25, 0.3) is 5.91 Å². The van der Waals surface area contributed by atoms with Gasteiger partial charge in [0.15, 0.2) is 0 Å². The molecule has 1 aromatic rings. The SMILES string of the molecule is O=C(NCC(F)(F)F)c1cccc(NC(=O)[C@@H]2[C@H](C(=O)O)[C@H]3C=C[C@H]2C3)c1. The number of rotatable bonds is 5. The van der Waals surface area contributed by atoms with Crippen LogP contribution in [0.2, 0.25) is 0 Å². The van der Waals surface area contributed by atoms with E-state index >= 15 is 0 Å². The average Bonchev–Trinajstić information content (AvgIpc) is 3.20. The summed E-state index contributed by atoms with van der Waals surface area (Å²) in [7, 11) is 0.